The van der Waals surface area contributed by atoms with Gasteiger partial charge >= 0.3 is 0 Å². The van der Waals surface area contributed by atoms with Crippen LogP contribution in [0, 0.1) is 5.92 Å². The summed E-state index contributed by atoms with van der Waals surface area (Å²) >= 11 is 0. The first kappa shape index (κ1) is 18.3. The summed E-state index contributed by atoms with van der Waals surface area (Å²) in [6.07, 6.45) is 5.64. The van der Waals surface area contributed by atoms with E-state index in [9.17, 15) is 4.79 Å². The van der Waals surface area contributed by atoms with Gasteiger partial charge < -0.3 is 15.0 Å². The zero-order valence-electron chi connectivity index (χ0n) is 16.2. The Morgan fingerprint density at radius 2 is 2.19 bits per heavy atom. The molecule has 0 spiro atoms. The van der Waals surface area contributed by atoms with Crippen LogP contribution in [0.15, 0.2) is 18.2 Å². The molecule has 3 heterocycles. The normalized spacial score (nSPS) is 21.5. The van der Waals surface area contributed by atoms with E-state index in [1.54, 1.807) is 0 Å². The van der Waals surface area contributed by atoms with Crippen molar-refractivity contribution >= 4 is 22.5 Å². The Labute approximate surface area is 160 Å². The highest BCUT2D eigenvalue weighted by molar-refractivity contribution is 5.94. The predicted octanol–water partition coefficient (Wildman–Crippen LogP) is 3.34. The number of rotatable bonds is 5. The number of anilines is 1. The number of benzene rings is 1. The van der Waals surface area contributed by atoms with Gasteiger partial charge in [-0.15, -0.1) is 0 Å². The van der Waals surface area contributed by atoms with Gasteiger partial charge in [0, 0.05) is 55.5 Å². The maximum atomic E-state index is 12.6. The number of aryl methyl sites for hydroxylation is 1. The second kappa shape index (κ2) is 8.30. The number of H-pyrrole nitrogens is 1. The molecule has 6 nitrogen and oxygen atoms in total. The van der Waals surface area contributed by atoms with Crippen LogP contribution in [-0.4, -0.2) is 53.3 Å². The van der Waals surface area contributed by atoms with Crippen LogP contribution in [0.4, 0.5) is 5.69 Å². The van der Waals surface area contributed by atoms with E-state index in [-0.39, 0.29) is 5.91 Å². The van der Waals surface area contributed by atoms with Gasteiger partial charge in [0.15, 0.2) is 0 Å². The first-order chi connectivity index (χ1) is 13.2. The van der Waals surface area contributed by atoms with Crippen LogP contribution in [0.3, 0.4) is 0 Å². The summed E-state index contributed by atoms with van der Waals surface area (Å²) in [5.41, 5.74) is 3.13. The SMILES string of the molecule is C[C@H]1CCCN(C(=O)CCc2[nH]nc3cccc(NC4CCOCC4)c23)C1. The number of amides is 1. The second-order valence-corrected chi connectivity index (χ2v) is 8.02. The van der Waals surface area contributed by atoms with Crippen molar-refractivity contribution in [2.45, 2.75) is 51.5 Å². The predicted molar refractivity (Wildman–Crippen MR) is 107 cm³/mol. The maximum absolute atomic E-state index is 12.6. The van der Waals surface area contributed by atoms with Crippen LogP contribution < -0.4 is 5.32 Å². The van der Waals surface area contributed by atoms with Crippen molar-refractivity contribution in [2.24, 2.45) is 5.92 Å². The maximum Gasteiger partial charge on any atom is 0.222 e. The van der Waals surface area contributed by atoms with Crippen LogP contribution in [0.5, 0.6) is 0 Å². The Morgan fingerprint density at radius 1 is 1.33 bits per heavy atom. The highest BCUT2D eigenvalue weighted by Gasteiger charge is 2.22. The minimum absolute atomic E-state index is 0.263. The molecule has 4 rings (SSSR count). The number of carbonyl (C=O) groups excluding carboxylic acids is 1. The van der Waals surface area contributed by atoms with Crippen LogP contribution >= 0.6 is 0 Å². The number of nitrogens with zero attached hydrogens (tertiary/aromatic N) is 2. The Morgan fingerprint density at radius 3 is 3.00 bits per heavy atom. The minimum Gasteiger partial charge on any atom is -0.382 e. The molecular formula is C21H30N4O2. The number of hydrogen-bond acceptors (Lipinski definition) is 4. The van der Waals surface area contributed by atoms with E-state index < -0.39 is 0 Å². The number of carbonyl (C=O) groups is 1. The van der Waals surface area contributed by atoms with Gasteiger partial charge in [-0.1, -0.05) is 13.0 Å². The first-order valence-corrected chi connectivity index (χ1v) is 10.3. The Bertz CT molecular complexity index is 782. The third kappa shape index (κ3) is 4.26. The largest absolute Gasteiger partial charge is 0.382 e. The summed E-state index contributed by atoms with van der Waals surface area (Å²) in [5, 5.41) is 12.4. The smallest absolute Gasteiger partial charge is 0.222 e. The summed E-state index contributed by atoms with van der Waals surface area (Å²) in [4.78, 5) is 14.7. The van der Waals surface area contributed by atoms with Crippen LogP contribution in [-0.2, 0) is 16.0 Å². The second-order valence-electron chi connectivity index (χ2n) is 8.02. The molecule has 0 aliphatic carbocycles. The molecule has 2 aliphatic rings. The van der Waals surface area contributed by atoms with E-state index in [0.717, 1.165) is 67.8 Å². The number of piperidine rings is 1. The summed E-state index contributed by atoms with van der Waals surface area (Å²) < 4.78 is 5.46. The summed E-state index contributed by atoms with van der Waals surface area (Å²) in [6, 6.07) is 6.61. The fourth-order valence-electron chi connectivity index (χ4n) is 4.30. The van der Waals surface area contributed by atoms with Gasteiger partial charge in [0.25, 0.3) is 0 Å². The van der Waals surface area contributed by atoms with Gasteiger partial charge in [-0.2, -0.15) is 5.10 Å². The number of ether oxygens (including phenoxy) is 1. The molecule has 2 fully saturated rings. The Balaban J connectivity index is 1.46. The molecule has 27 heavy (non-hydrogen) atoms. The number of nitrogens with one attached hydrogen (secondary N) is 2. The molecule has 0 saturated carbocycles. The van der Waals surface area contributed by atoms with Gasteiger partial charge in [-0.05, 0) is 50.2 Å². The van der Waals surface area contributed by atoms with Crippen molar-refractivity contribution < 1.29 is 9.53 Å². The molecule has 6 heteroatoms. The van der Waals surface area contributed by atoms with Gasteiger partial charge in [0.05, 0.1) is 5.52 Å². The average molecular weight is 370 g/mol. The van der Waals surface area contributed by atoms with Crippen molar-refractivity contribution in [3.63, 3.8) is 0 Å². The van der Waals surface area contributed by atoms with Gasteiger partial charge in [-0.25, -0.2) is 0 Å². The monoisotopic (exact) mass is 370 g/mol. The lowest BCUT2D eigenvalue weighted by atomic mass is 9.99. The van der Waals surface area contributed by atoms with Gasteiger partial charge in [0.1, 0.15) is 0 Å². The van der Waals surface area contributed by atoms with E-state index in [1.165, 1.54) is 6.42 Å². The van der Waals surface area contributed by atoms with Gasteiger partial charge in [0.2, 0.25) is 5.91 Å². The molecular weight excluding hydrogens is 340 g/mol. The zero-order valence-corrected chi connectivity index (χ0v) is 16.2. The molecule has 1 aromatic carbocycles. The standard InChI is InChI=1S/C21H30N4O2/c1-15-4-3-11-25(14-15)20(26)8-7-19-21-17(5-2-6-18(21)23-24-19)22-16-9-12-27-13-10-16/h2,5-6,15-16,22H,3-4,7-14H2,1H3,(H,23,24)/t15-/m0/s1. The quantitative estimate of drug-likeness (QED) is 0.847. The highest BCUT2D eigenvalue weighted by atomic mass is 16.5. The molecule has 1 atom stereocenters. The number of aromatic amines is 1. The fraction of sp³-hybridized carbons (Fsp3) is 0.619. The Kier molecular flexibility index (Phi) is 5.62. The molecule has 2 aliphatic heterocycles. The summed E-state index contributed by atoms with van der Waals surface area (Å²) in [7, 11) is 0. The van der Waals surface area contributed by atoms with Crippen molar-refractivity contribution in [3.8, 4) is 0 Å². The molecule has 1 amide bonds. The Hall–Kier alpha value is -2.08. The lowest BCUT2D eigenvalue weighted by Crippen LogP contribution is -2.39. The van der Waals surface area contributed by atoms with Crippen molar-refractivity contribution in [1.29, 1.82) is 0 Å². The van der Waals surface area contributed by atoms with Crippen LogP contribution in [0.2, 0.25) is 0 Å². The summed E-state index contributed by atoms with van der Waals surface area (Å²) in [6.45, 7) is 5.67. The first-order valence-electron chi connectivity index (χ1n) is 10.3. The molecule has 2 N–H and O–H groups in total. The van der Waals surface area contributed by atoms with Crippen molar-refractivity contribution in [3.05, 3.63) is 23.9 Å². The van der Waals surface area contributed by atoms with Crippen LogP contribution in [0.1, 0.15) is 44.7 Å². The van der Waals surface area contributed by atoms with Gasteiger partial charge in [-0.3, -0.25) is 9.89 Å². The van der Waals surface area contributed by atoms with E-state index >= 15 is 0 Å². The number of fused-ring (bicyclic) bond motifs is 1. The molecule has 2 saturated heterocycles. The minimum atomic E-state index is 0.263. The van der Waals surface area contributed by atoms with Crippen molar-refractivity contribution in [2.75, 3.05) is 31.6 Å². The molecule has 146 valence electrons. The fourth-order valence-corrected chi connectivity index (χ4v) is 4.30. The molecule has 0 bridgehead atoms. The molecule has 1 aromatic heterocycles. The third-order valence-electron chi connectivity index (χ3n) is 5.84. The molecule has 0 radical (unpaired) electrons. The highest BCUT2D eigenvalue weighted by Crippen LogP contribution is 2.28. The number of aromatic nitrogens is 2. The summed E-state index contributed by atoms with van der Waals surface area (Å²) in [5.74, 6) is 0.880. The average Bonchev–Trinajstić information content (AvgIpc) is 3.11. The van der Waals surface area contributed by atoms with Crippen molar-refractivity contribution in [1.82, 2.24) is 15.1 Å². The lowest BCUT2D eigenvalue weighted by molar-refractivity contribution is -0.132. The van der Waals surface area contributed by atoms with E-state index in [1.807, 2.05) is 17.0 Å². The number of likely N-dealkylation sites (tertiary alicyclic amines) is 1. The molecule has 2 aromatic rings. The van der Waals surface area contributed by atoms with E-state index in [0.29, 0.717) is 24.8 Å². The lowest BCUT2D eigenvalue weighted by Gasteiger charge is -2.31. The molecule has 0 unspecified atom stereocenters. The zero-order chi connectivity index (χ0) is 18.6. The van der Waals surface area contributed by atoms with E-state index in [2.05, 4.69) is 28.5 Å². The third-order valence-corrected chi connectivity index (χ3v) is 5.84. The number of hydrogen-bond donors (Lipinski definition) is 2. The van der Waals surface area contributed by atoms with E-state index in [4.69, 9.17) is 4.74 Å². The van der Waals surface area contributed by atoms with Crippen LogP contribution in [0.25, 0.3) is 10.9 Å². The topological polar surface area (TPSA) is 70.2 Å².